The van der Waals surface area contributed by atoms with Crippen LogP contribution in [0.5, 0.6) is 11.5 Å². The van der Waals surface area contributed by atoms with Crippen LogP contribution in [0, 0.1) is 5.82 Å². The van der Waals surface area contributed by atoms with Gasteiger partial charge >= 0.3 is 0 Å². The Balaban J connectivity index is 0.00000280. The molecule has 28 heavy (non-hydrogen) atoms. The number of hydrogen-bond donors (Lipinski definition) is 2. The highest BCUT2D eigenvalue weighted by molar-refractivity contribution is 14.0. The maximum atomic E-state index is 14.3. The first-order valence-corrected chi connectivity index (χ1v) is 9.46. The maximum Gasteiger partial charge on any atom is 0.191 e. The van der Waals surface area contributed by atoms with Gasteiger partial charge in [-0.2, -0.15) is 0 Å². The van der Waals surface area contributed by atoms with Crippen LogP contribution in [-0.2, 0) is 13.0 Å². The number of nitrogens with one attached hydrogen (secondary N) is 2. The van der Waals surface area contributed by atoms with Gasteiger partial charge in [-0.1, -0.05) is 12.1 Å². The molecule has 0 bridgehead atoms. The molecule has 148 valence electrons. The molecule has 0 saturated carbocycles. The average molecular weight is 512 g/mol. The van der Waals surface area contributed by atoms with E-state index in [0.717, 1.165) is 18.5 Å². The number of nitrogens with zero attached hydrogens (tertiary/aromatic N) is 2. The summed E-state index contributed by atoms with van der Waals surface area (Å²) in [5, 5.41) is 8.51. The van der Waals surface area contributed by atoms with Crippen LogP contribution in [-0.4, -0.2) is 24.5 Å². The Labute approximate surface area is 185 Å². The van der Waals surface area contributed by atoms with Crippen molar-refractivity contribution in [3.63, 3.8) is 0 Å². The lowest BCUT2D eigenvalue weighted by Gasteiger charge is -2.12. The van der Waals surface area contributed by atoms with Crippen LogP contribution >= 0.6 is 35.3 Å². The second kappa shape index (κ2) is 11.6. The number of aromatic nitrogens is 1. The zero-order valence-electron chi connectivity index (χ0n) is 15.4. The lowest BCUT2D eigenvalue weighted by Crippen LogP contribution is -2.37. The van der Waals surface area contributed by atoms with Crippen LogP contribution in [0.3, 0.4) is 0 Å². The topological polar surface area (TPSA) is 58.5 Å². The molecule has 0 unspecified atom stereocenters. The van der Waals surface area contributed by atoms with Crippen molar-refractivity contribution >= 4 is 41.3 Å². The summed E-state index contributed by atoms with van der Waals surface area (Å²) in [7, 11) is 1.71. The Morgan fingerprint density at radius 1 is 1.21 bits per heavy atom. The van der Waals surface area contributed by atoms with Gasteiger partial charge in [0.15, 0.2) is 17.5 Å². The van der Waals surface area contributed by atoms with E-state index >= 15 is 0 Å². The van der Waals surface area contributed by atoms with Gasteiger partial charge in [0.2, 0.25) is 0 Å². The van der Waals surface area contributed by atoms with Crippen LogP contribution < -0.4 is 15.4 Å². The molecule has 1 aromatic carbocycles. The Hall–Kier alpha value is -2.20. The SMILES string of the molecule is CN=C(NCCc1cccs1)NCc1ccc(Oc2cccnc2)c(F)c1.I. The Morgan fingerprint density at radius 2 is 2.11 bits per heavy atom. The van der Waals surface area contributed by atoms with Crippen LogP contribution in [0.25, 0.3) is 0 Å². The van der Waals surface area contributed by atoms with Crippen molar-refractivity contribution in [3.8, 4) is 11.5 Å². The summed E-state index contributed by atoms with van der Waals surface area (Å²) < 4.78 is 19.8. The lowest BCUT2D eigenvalue weighted by atomic mass is 10.2. The minimum absolute atomic E-state index is 0. The first-order valence-electron chi connectivity index (χ1n) is 8.58. The minimum Gasteiger partial charge on any atom is -0.453 e. The number of rotatable bonds is 7. The molecule has 3 rings (SSSR count). The fourth-order valence-corrected chi connectivity index (χ4v) is 3.15. The fourth-order valence-electron chi connectivity index (χ4n) is 2.44. The minimum atomic E-state index is -0.418. The van der Waals surface area contributed by atoms with Gasteiger partial charge in [0.1, 0.15) is 5.75 Å². The number of thiophene rings is 1. The molecule has 0 atom stereocenters. The first-order chi connectivity index (χ1) is 13.2. The van der Waals surface area contributed by atoms with Crippen molar-refractivity contribution in [2.75, 3.05) is 13.6 Å². The number of guanidine groups is 1. The van der Waals surface area contributed by atoms with E-state index in [1.54, 1.807) is 49.0 Å². The summed E-state index contributed by atoms with van der Waals surface area (Å²) >= 11 is 1.74. The molecular formula is C20H22FIN4OS. The molecule has 0 radical (unpaired) electrons. The quantitative estimate of drug-likeness (QED) is 0.276. The van der Waals surface area contributed by atoms with Crippen molar-refractivity contribution in [2.24, 2.45) is 4.99 Å². The summed E-state index contributed by atoms with van der Waals surface area (Å²) in [5.41, 5.74) is 0.798. The predicted molar refractivity (Wildman–Crippen MR) is 122 cm³/mol. The lowest BCUT2D eigenvalue weighted by molar-refractivity contribution is 0.440. The Bertz CT molecular complexity index is 875. The number of halogens is 2. The predicted octanol–water partition coefficient (Wildman–Crippen LogP) is 4.60. The highest BCUT2D eigenvalue weighted by Gasteiger charge is 2.07. The Morgan fingerprint density at radius 3 is 2.79 bits per heavy atom. The molecular weight excluding hydrogens is 490 g/mol. The molecule has 2 aromatic heterocycles. The van der Waals surface area contributed by atoms with Gasteiger partial charge in [-0.25, -0.2) is 4.39 Å². The molecule has 2 heterocycles. The second-order valence-corrected chi connectivity index (χ2v) is 6.77. The molecule has 0 aliphatic rings. The van der Waals surface area contributed by atoms with E-state index in [9.17, 15) is 4.39 Å². The number of ether oxygens (including phenoxy) is 1. The molecule has 0 amide bonds. The van der Waals surface area contributed by atoms with E-state index in [2.05, 4.69) is 32.1 Å². The highest BCUT2D eigenvalue weighted by Crippen LogP contribution is 2.24. The monoisotopic (exact) mass is 512 g/mol. The largest absolute Gasteiger partial charge is 0.453 e. The summed E-state index contributed by atoms with van der Waals surface area (Å²) in [4.78, 5) is 9.46. The van der Waals surface area contributed by atoms with E-state index < -0.39 is 5.82 Å². The van der Waals surface area contributed by atoms with Crippen molar-refractivity contribution in [1.29, 1.82) is 0 Å². The smallest absolute Gasteiger partial charge is 0.191 e. The molecule has 5 nitrogen and oxygen atoms in total. The molecule has 0 aliphatic heterocycles. The second-order valence-electron chi connectivity index (χ2n) is 5.74. The standard InChI is InChI=1S/C20H21FN4OS.HI/c1-22-20(24-10-8-17-5-3-11-27-17)25-13-15-6-7-19(18(21)12-15)26-16-4-2-9-23-14-16;/h2-7,9,11-12,14H,8,10,13H2,1H3,(H2,22,24,25);1H. The molecule has 8 heteroatoms. The molecule has 2 N–H and O–H groups in total. The van der Waals surface area contributed by atoms with Gasteiger partial charge in [0, 0.05) is 31.2 Å². The molecule has 3 aromatic rings. The van der Waals surface area contributed by atoms with Crippen LogP contribution in [0.15, 0.2) is 65.2 Å². The Kier molecular flexibility index (Phi) is 9.15. The third kappa shape index (κ3) is 6.75. The maximum absolute atomic E-state index is 14.3. The molecule has 0 spiro atoms. The third-order valence-electron chi connectivity index (χ3n) is 3.79. The van der Waals surface area contributed by atoms with E-state index in [-0.39, 0.29) is 29.7 Å². The summed E-state index contributed by atoms with van der Waals surface area (Å²) in [5.74, 6) is 0.935. The third-order valence-corrected chi connectivity index (χ3v) is 4.72. The van der Waals surface area contributed by atoms with Gasteiger partial charge in [-0.15, -0.1) is 35.3 Å². The normalized spacial score (nSPS) is 10.9. The molecule has 0 saturated heterocycles. The zero-order valence-corrected chi connectivity index (χ0v) is 18.5. The van der Waals surface area contributed by atoms with Crippen LogP contribution in [0.4, 0.5) is 4.39 Å². The summed E-state index contributed by atoms with van der Waals surface area (Å²) in [6.07, 6.45) is 4.12. The van der Waals surface area contributed by atoms with Gasteiger partial charge in [0.25, 0.3) is 0 Å². The van der Waals surface area contributed by atoms with Gasteiger partial charge in [-0.3, -0.25) is 9.98 Å². The van der Waals surface area contributed by atoms with E-state index in [4.69, 9.17) is 4.74 Å². The van der Waals surface area contributed by atoms with Crippen molar-refractivity contribution < 1.29 is 9.13 Å². The zero-order chi connectivity index (χ0) is 18.9. The highest BCUT2D eigenvalue weighted by atomic mass is 127. The van der Waals surface area contributed by atoms with E-state index in [0.29, 0.717) is 18.3 Å². The number of benzene rings is 1. The van der Waals surface area contributed by atoms with Crippen molar-refractivity contribution in [2.45, 2.75) is 13.0 Å². The summed E-state index contributed by atoms with van der Waals surface area (Å²) in [6.45, 7) is 1.25. The van der Waals surface area contributed by atoms with Crippen LogP contribution in [0.1, 0.15) is 10.4 Å². The first kappa shape index (κ1) is 22.1. The fraction of sp³-hybridized carbons (Fsp3) is 0.200. The van der Waals surface area contributed by atoms with Gasteiger partial charge in [-0.05, 0) is 47.7 Å². The number of hydrogen-bond acceptors (Lipinski definition) is 4. The molecule has 0 aliphatic carbocycles. The van der Waals surface area contributed by atoms with Crippen molar-refractivity contribution in [3.05, 3.63) is 76.5 Å². The van der Waals surface area contributed by atoms with Crippen molar-refractivity contribution in [1.82, 2.24) is 15.6 Å². The summed E-state index contributed by atoms with van der Waals surface area (Å²) in [6, 6.07) is 12.5. The van der Waals surface area contributed by atoms with Gasteiger partial charge in [0.05, 0.1) is 6.20 Å². The van der Waals surface area contributed by atoms with Crippen LogP contribution in [0.2, 0.25) is 0 Å². The molecule has 0 fully saturated rings. The van der Waals surface area contributed by atoms with Gasteiger partial charge < -0.3 is 15.4 Å². The number of pyridine rings is 1. The van der Waals surface area contributed by atoms with E-state index in [1.807, 2.05) is 12.1 Å². The average Bonchev–Trinajstić information content (AvgIpc) is 3.21. The van der Waals surface area contributed by atoms with E-state index in [1.165, 1.54) is 10.9 Å². The number of aliphatic imine (C=N–C) groups is 1.